The minimum atomic E-state index is -0.968. The molecule has 5 nitrogen and oxygen atoms in total. The molecule has 0 amide bonds. The van der Waals surface area contributed by atoms with E-state index in [4.69, 9.17) is 14.9 Å². The van der Waals surface area contributed by atoms with Gasteiger partial charge in [-0.15, -0.1) is 6.58 Å². The first-order chi connectivity index (χ1) is 12.0. The van der Waals surface area contributed by atoms with Crippen LogP contribution in [0.25, 0.3) is 0 Å². The SMILES string of the molecule is C=CCCC1(c2ccc(C(=O)O)cc2)OC1c1ccc(C(=O)O)cc1. The van der Waals surface area contributed by atoms with Crippen molar-refractivity contribution in [3.05, 3.63) is 83.4 Å². The van der Waals surface area contributed by atoms with Crippen LogP contribution in [0.1, 0.15) is 50.8 Å². The zero-order valence-corrected chi connectivity index (χ0v) is 13.5. The highest BCUT2D eigenvalue weighted by Gasteiger charge is 2.57. The smallest absolute Gasteiger partial charge is 0.335 e. The molecule has 1 saturated heterocycles. The van der Waals surface area contributed by atoms with E-state index in [1.165, 1.54) is 0 Å². The van der Waals surface area contributed by atoms with Crippen molar-refractivity contribution < 1.29 is 24.5 Å². The summed E-state index contributed by atoms with van der Waals surface area (Å²) in [6, 6.07) is 13.3. The molecule has 1 heterocycles. The minimum Gasteiger partial charge on any atom is -0.478 e. The van der Waals surface area contributed by atoms with Gasteiger partial charge in [0, 0.05) is 0 Å². The molecule has 25 heavy (non-hydrogen) atoms. The Bertz CT molecular complexity index is 807. The van der Waals surface area contributed by atoms with Crippen LogP contribution in [-0.4, -0.2) is 22.2 Å². The molecule has 1 aliphatic heterocycles. The quantitative estimate of drug-likeness (QED) is 0.588. The molecule has 2 atom stereocenters. The number of epoxide rings is 1. The van der Waals surface area contributed by atoms with Crippen LogP contribution in [0, 0.1) is 0 Å². The highest BCUT2D eigenvalue weighted by atomic mass is 16.6. The lowest BCUT2D eigenvalue weighted by atomic mass is 9.87. The number of carboxylic acid groups (broad SMARTS) is 2. The van der Waals surface area contributed by atoms with Gasteiger partial charge < -0.3 is 14.9 Å². The van der Waals surface area contributed by atoms with Gasteiger partial charge in [-0.2, -0.15) is 0 Å². The van der Waals surface area contributed by atoms with E-state index in [0.717, 1.165) is 17.5 Å². The van der Waals surface area contributed by atoms with Gasteiger partial charge in [-0.05, 0) is 48.2 Å². The second-order valence-corrected chi connectivity index (χ2v) is 6.02. The van der Waals surface area contributed by atoms with E-state index in [2.05, 4.69) is 6.58 Å². The van der Waals surface area contributed by atoms with Gasteiger partial charge in [-0.1, -0.05) is 30.3 Å². The molecule has 0 aromatic heterocycles. The molecule has 2 aromatic rings. The van der Waals surface area contributed by atoms with E-state index < -0.39 is 17.5 Å². The van der Waals surface area contributed by atoms with Crippen LogP contribution in [0.5, 0.6) is 0 Å². The lowest BCUT2D eigenvalue weighted by Gasteiger charge is -2.13. The maximum atomic E-state index is 11.0. The van der Waals surface area contributed by atoms with E-state index in [-0.39, 0.29) is 17.2 Å². The van der Waals surface area contributed by atoms with Crippen LogP contribution < -0.4 is 0 Å². The molecule has 0 spiro atoms. The molecule has 0 saturated carbocycles. The molecule has 3 rings (SSSR count). The fourth-order valence-corrected chi connectivity index (χ4v) is 3.08. The highest BCUT2D eigenvalue weighted by Crippen LogP contribution is 2.59. The summed E-state index contributed by atoms with van der Waals surface area (Å²) < 4.78 is 6.04. The van der Waals surface area contributed by atoms with Crippen LogP contribution in [0.15, 0.2) is 61.2 Å². The van der Waals surface area contributed by atoms with Gasteiger partial charge in [0.25, 0.3) is 0 Å². The van der Waals surface area contributed by atoms with Gasteiger partial charge >= 0.3 is 11.9 Å². The van der Waals surface area contributed by atoms with Crippen molar-refractivity contribution in [3.8, 4) is 0 Å². The van der Waals surface area contributed by atoms with Crippen molar-refractivity contribution in [2.45, 2.75) is 24.5 Å². The minimum absolute atomic E-state index is 0.189. The van der Waals surface area contributed by atoms with Crippen molar-refractivity contribution >= 4 is 11.9 Å². The van der Waals surface area contributed by atoms with Crippen molar-refractivity contribution in [3.63, 3.8) is 0 Å². The summed E-state index contributed by atoms with van der Waals surface area (Å²) >= 11 is 0. The van der Waals surface area contributed by atoms with E-state index in [0.29, 0.717) is 6.42 Å². The highest BCUT2D eigenvalue weighted by molar-refractivity contribution is 5.88. The number of hydrogen-bond donors (Lipinski definition) is 2. The van der Waals surface area contributed by atoms with Crippen molar-refractivity contribution in [2.24, 2.45) is 0 Å². The number of rotatable bonds is 7. The third-order valence-corrected chi connectivity index (χ3v) is 4.50. The molecule has 2 aromatic carbocycles. The molecular weight excluding hydrogens is 320 g/mol. The number of allylic oxidation sites excluding steroid dienone is 1. The van der Waals surface area contributed by atoms with Gasteiger partial charge in [-0.3, -0.25) is 0 Å². The van der Waals surface area contributed by atoms with Crippen LogP contribution in [-0.2, 0) is 10.3 Å². The van der Waals surface area contributed by atoms with Gasteiger partial charge in [0.15, 0.2) is 0 Å². The Balaban J connectivity index is 1.89. The normalized spacial score (nSPS) is 21.5. The number of aromatic carboxylic acids is 2. The first kappa shape index (κ1) is 16.9. The summed E-state index contributed by atoms with van der Waals surface area (Å²) in [6.07, 6.45) is 3.10. The Morgan fingerprint density at radius 2 is 1.52 bits per heavy atom. The second kappa shape index (κ2) is 6.53. The Morgan fingerprint density at radius 1 is 1.00 bits per heavy atom. The average molecular weight is 338 g/mol. The van der Waals surface area contributed by atoms with E-state index in [9.17, 15) is 9.59 Å². The fraction of sp³-hybridized carbons (Fsp3) is 0.200. The average Bonchev–Trinajstić information content (AvgIpc) is 3.36. The molecule has 128 valence electrons. The Hall–Kier alpha value is -2.92. The maximum absolute atomic E-state index is 11.0. The Kier molecular flexibility index (Phi) is 4.42. The van der Waals surface area contributed by atoms with Crippen molar-refractivity contribution in [1.82, 2.24) is 0 Å². The maximum Gasteiger partial charge on any atom is 0.335 e. The topological polar surface area (TPSA) is 87.1 Å². The zero-order valence-electron chi connectivity index (χ0n) is 13.5. The van der Waals surface area contributed by atoms with E-state index >= 15 is 0 Å². The molecule has 0 radical (unpaired) electrons. The lowest BCUT2D eigenvalue weighted by Crippen LogP contribution is -2.11. The summed E-state index contributed by atoms with van der Waals surface area (Å²) in [5.41, 5.74) is 1.73. The molecule has 5 heteroatoms. The van der Waals surface area contributed by atoms with E-state index in [1.807, 2.05) is 6.08 Å². The van der Waals surface area contributed by atoms with Crippen LogP contribution in [0.4, 0.5) is 0 Å². The van der Waals surface area contributed by atoms with E-state index in [1.54, 1.807) is 48.5 Å². The first-order valence-corrected chi connectivity index (χ1v) is 7.94. The molecule has 1 fully saturated rings. The summed E-state index contributed by atoms with van der Waals surface area (Å²) in [4.78, 5) is 22.0. The number of carboxylic acids is 2. The number of hydrogen-bond acceptors (Lipinski definition) is 3. The summed E-state index contributed by atoms with van der Waals surface area (Å²) in [5, 5.41) is 18.1. The predicted octanol–water partition coefficient (Wildman–Crippen LogP) is 4.02. The van der Waals surface area contributed by atoms with Crippen LogP contribution in [0.2, 0.25) is 0 Å². The lowest BCUT2D eigenvalue weighted by molar-refractivity contribution is 0.0686. The molecular formula is C20H18O5. The molecule has 2 unspecified atom stereocenters. The van der Waals surface area contributed by atoms with Gasteiger partial charge in [0.1, 0.15) is 11.7 Å². The number of ether oxygens (including phenoxy) is 1. The monoisotopic (exact) mass is 338 g/mol. The summed E-state index contributed by atoms with van der Waals surface area (Å²) in [6.45, 7) is 3.75. The second-order valence-electron chi connectivity index (χ2n) is 6.02. The number of carbonyl (C=O) groups is 2. The third kappa shape index (κ3) is 3.19. The van der Waals surface area contributed by atoms with Gasteiger partial charge in [0.2, 0.25) is 0 Å². The standard InChI is InChI=1S/C20H18O5/c1-2-3-12-20(16-10-8-15(9-11-16)19(23)24)17(25-20)13-4-6-14(7-5-13)18(21)22/h2,4-11,17H,1,3,12H2,(H,21,22)(H,23,24). The number of benzene rings is 2. The summed E-state index contributed by atoms with van der Waals surface area (Å²) in [5.74, 6) is -1.94. The third-order valence-electron chi connectivity index (χ3n) is 4.50. The first-order valence-electron chi connectivity index (χ1n) is 7.94. The van der Waals surface area contributed by atoms with Crippen LogP contribution in [0.3, 0.4) is 0 Å². The van der Waals surface area contributed by atoms with Crippen molar-refractivity contribution in [1.29, 1.82) is 0 Å². The molecule has 0 bridgehead atoms. The summed E-state index contributed by atoms with van der Waals surface area (Å²) in [7, 11) is 0. The molecule has 1 aliphatic rings. The fourth-order valence-electron chi connectivity index (χ4n) is 3.08. The van der Waals surface area contributed by atoms with Crippen molar-refractivity contribution in [2.75, 3.05) is 0 Å². The largest absolute Gasteiger partial charge is 0.478 e. The van der Waals surface area contributed by atoms with Crippen LogP contribution >= 0.6 is 0 Å². The van der Waals surface area contributed by atoms with Gasteiger partial charge in [0.05, 0.1) is 11.1 Å². The Labute approximate surface area is 145 Å². The molecule has 2 N–H and O–H groups in total. The molecule has 0 aliphatic carbocycles. The zero-order chi connectivity index (χ0) is 18.0. The predicted molar refractivity (Wildman–Crippen MR) is 91.7 cm³/mol. The van der Waals surface area contributed by atoms with Gasteiger partial charge in [-0.25, -0.2) is 9.59 Å². The Morgan fingerprint density at radius 3 is 2.00 bits per heavy atom.